The number of anilines is 1. The standard InChI is InChI=1S/C13H18ClN3O2/c1-6-5-10(14)16-13(15-6)17-12(18)11-7(2)8(3)19-9(11)4/h5,7-9,11H,1-4H3,(H,15,16,17,18). The Morgan fingerprint density at radius 2 is 2.00 bits per heavy atom. The smallest absolute Gasteiger partial charge is 0.232 e. The minimum absolute atomic E-state index is 0.0766. The Bertz CT molecular complexity index is 475. The Morgan fingerprint density at radius 3 is 2.53 bits per heavy atom. The minimum atomic E-state index is -0.196. The molecule has 0 radical (unpaired) electrons. The van der Waals surface area contributed by atoms with Crippen LogP contribution >= 0.6 is 11.6 Å². The lowest BCUT2D eigenvalue weighted by Gasteiger charge is -2.17. The van der Waals surface area contributed by atoms with E-state index in [1.807, 2.05) is 20.8 Å². The molecule has 1 aliphatic rings. The molecule has 2 heterocycles. The van der Waals surface area contributed by atoms with Crippen LogP contribution in [0.4, 0.5) is 5.95 Å². The van der Waals surface area contributed by atoms with E-state index in [9.17, 15) is 4.79 Å². The van der Waals surface area contributed by atoms with Gasteiger partial charge in [-0.1, -0.05) is 18.5 Å². The summed E-state index contributed by atoms with van der Waals surface area (Å²) in [5.74, 6) is 0.0909. The van der Waals surface area contributed by atoms with E-state index in [1.165, 1.54) is 0 Å². The van der Waals surface area contributed by atoms with Gasteiger partial charge in [0.2, 0.25) is 11.9 Å². The summed E-state index contributed by atoms with van der Waals surface area (Å²) in [6.45, 7) is 7.71. The summed E-state index contributed by atoms with van der Waals surface area (Å²) in [7, 11) is 0. The van der Waals surface area contributed by atoms with Gasteiger partial charge in [-0.2, -0.15) is 0 Å². The van der Waals surface area contributed by atoms with Crippen molar-refractivity contribution in [3.8, 4) is 0 Å². The van der Waals surface area contributed by atoms with Crippen LogP contribution in [0.5, 0.6) is 0 Å². The first-order valence-corrected chi connectivity index (χ1v) is 6.73. The molecular weight excluding hydrogens is 266 g/mol. The molecule has 0 spiro atoms. The van der Waals surface area contributed by atoms with Gasteiger partial charge in [0.05, 0.1) is 18.1 Å². The Labute approximate surface area is 117 Å². The maximum Gasteiger partial charge on any atom is 0.232 e. The second-order valence-corrected chi connectivity index (χ2v) is 5.46. The molecule has 5 nitrogen and oxygen atoms in total. The van der Waals surface area contributed by atoms with Crippen LogP contribution < -0.4 is 5.32 Å². The molecular formula is C13H18ClN3O2. The lowest BCUT2D eigenvalue weighted by atomic mass is 9.89. The molecule has 4 atom stereocenters. The molecule has 104 valence electrons. The Kier molecular flexibility index (Phi) is 4.06. The third-order valence-electron chi connectivity index (χ3n) is 3.60. The number of nitrogens with zero attached hydrogens (tertiary/aromatic N) is 2. The summed E-state index contributed by atoms with van der Waals surface area (Å²) < 4.78 is 5.66. The first kappa shape index (κ1) is 14.2. The van der Waals surface area contributed by atoms with Crippen LogP contribution in [-0.4, -0.2) is 28.1 Å². The number of carbonyl (C=O) groups excluding carboxylic acids is 1. The maximum absolute atomic E-state index is 12.3. The number of hydrogen-bond acceptors (Lipinski definition) is 4. The van der Waals surface area contributed by atoms with Gasteiger partial charge in [0.25, 0.3) is 0 Å². The van der Waals surface area contributed by atoms with Gasteiger partial charge in [-0.25, -0.2) is 9.97 Å². The van der Waals surface area contributed by atoms with Crippen LogP contribution in [0.3, 0.4) is 0 Å². The van der Waals surface area contributed by atoms with E-state index in [1.54, 1.807) is 13.0 Å². The van der Waals surface area contributed by atoms with Gasteiger partial charge in [0, 0.05) is 5.69 Å². The minimum Gasteiger partial charge on any atom is -0.374 e. The summed E-state index contributed by atoms with van der Waals surface area (Å²) in [5.41, 5.74) is 0.715. The summed E-state index contributed by atoms with van der Waals surface area (Å²) >= 11 is 5.85. The van der Waals surface area contributed by atoms with Crippen molar-refractivity contribution in [2.75, 3.05) is 5.32 Å². The summed E-state index contributed by atoms with van der Waals surface area (Å²) in [5, 5.41) is 3.04. The van der Waals surface area contributed by atoms with E-state index in [2.05, 4.69) is 15.3 Å². The molecule has 19 heavy (non-hydrogen) atoms. The van der Waals surface area contributed by atoms with Crippen LogP contribution in [-0.2, 0) is 9.53 Å². The van der Waals surface area contributed by atoms with E-state index in [0.29, 0.717) is 10.8 Å². The highest BCUT2D eigenvalue weighted by Gasteiger charge is 2.41. The van der Waals surface area contributed by atoms with E-state index in [4.69, 9.17) is 16.3 Å². The Balaban J connectivity index is 2.13. The van der Waals surface area contributed by atoms with Crippen molar-refractivity contribution in [2.45, 2.75) is 39.9 Å². The number of halogens is 1. The van der Waals surface area contributed by atoms with E-state index < -0.39 is 0 Å². The fraction of sp³-hybridized carbons (Fsp3) is 0.615. The van der Waals surface area contributed by atoms with Crippen molar-refractivity contribution in [3.63, 3.8) is 0 Å². The number of aromatic nitrogens is 2. The zero-order valence-corrected chi connectivity index (χ0v) is 12.2. The molecule has 0 aromatic carbocycles. The molecule has 1 aromatic heterocycles. The first-order valence-electron chi connectivity index (χ1n) is 6.36. The normalized spacial score (nSPS) is 30.4. The SMILES string of the molecule is Cc1cc(Cl)nc(NC(=O)C2C(C)OC(C)C2C)n1. The molecule has 0 bridgehead atoms. The Hall–Kier alpha value is -1.20. The van der Waals surface area contributed by atoms with Gasteiger partial charge >= 0.3 is 0 Å². The van der Waals surface area contributed by atoms with Gasteiger partial charge in [-0.05, 0) is 32.8 Å². The number of ether oxygens (including phenoxy) is 1. The van der Waals surface area contributed by atoms with Gasteiger partial charge < -0.3 is 4.74 Å². The highest BCUT2D eigenvalue weighted by molar-refractivity contribution is 6.29. The first-order chi connectivity index (χ1) is 8.88. The quantitative estimate of drug-likeness (QED) is 0.847. The van der Waals surface area contributed by atoms with Crippen LogP contribution in [0.1, 0.15) is 26.5 Å². The van der Waals surface area contributed by atoms with Crippen LogP contribution in [0, 0.1) is 18.8 Å². The number of aryl methyl sites for hydroxylation is 1. The number of hydrogen-bond donors (Lipinski definition) is 1. The van der Waals surface area contributed by atoms with Gasteiger partial charge in [0.15, 0.2) is 0 Å². The monoisotopic (exact) mass is 283 g/mol. The number of carbonyl (C=O) groups is 1. The molecule has 1 aliphatic heterocycles. The summed E-state index contributed by atoms with van der Waals surface area (Å²) in [4.78, 5) is 20.4. The molecule has 1 saturated heterocycles. The molecule has 4 unspecified atom stereocenters. The second kappa shape index (κ2) is 5.43. The van der Waals surface area contributed by atoms with Crippen molar-refractivity contribution in [2.24, 2.45) is 11.8 Å². The summed E-state index contributed by atoms with van der Waals surface area (Å²) in [6, 6.07) is 1.64. The highest BCUT2D eigenvalue weighted by atomic mass is 35.5. The number of rotatable bonds is 2. The summed E-state index contributed by atoms with van der Waals surface area (Å²) in [6.07, 6.45) is -0.0296. The third kappa shape index (κ3) is 3.04. The zero-order valence-electron chi connectivity index (χ0n) is 11.5. The van der Waals surface area contributed by atoms with Crippen molar-refractivity contribution >= 4 is 23.5 Å². The second-order valence-electron chi connectivity index (χ2n) is 5.08. The largest absolute Gasteiger partial charge is 0.374 e. The van der Waals surface area contributed by atoms with Crippen LogP contribution in [0.25, 0.3) is 0 Å². The molecule has 6 heteroatoms. The number of nitrogens with one attached hydrogen (secondary N) is 1. The lowest BCUT2D eigenvalue weighted by molar-refractivity contribution is -0.122. The van der Waals surface area contributed by atoms with E-state index in [-0.39, 0.29) is 35.9 Å². The van der Waals surface area contributed by atoms with Gasteiger partial charge in [-0.15, -0.1) is 0 Å². The van der Waals surface area contributed by atoms with Crippen molar-refractivity contribution in [1.82, 2.24) is 9.97 Å². The molecule has 1 aromatic rings. The average molecular weight is 284 g/mol. The van der Waals surface area contributed by atoms with Crippen molar-refractivity contribution in [3.05, 3.63) is 16.9 Å². The van der Waals surface area contributed by atoms with E-state index in [0.717, 1.165) is 0 Å². The number of amides is 1. The maximum atomic E-state index is 12.3. The van der Waals surface area contributed by atoms with Crippen LogP contribution in [0.15, 0.2) is 6.07 Å². The highest BCUT2D eigenvalue weighted by Crippen LogP contribution is 2.32. The van der Waals surface area contributed by atoms with Gasteiger partial charge in [-0.3, -0.25) is 10.1 Å². The molecule has 1 amide bonds. The average Bonchev–Trinajstić information content (AvgIpc) is 2.51. The fourth-order valence-corrected chi connectivity index (χ4v) is 2.74. The van der Waals surface area contributed by atoms with Gasteiger partial charge in [0.1, 0.15) is 5.15 Å². The topological polar surface area (TPSA) is 64.1 Å². The molecule has 0 saturated carbocycles. The fourth-order valence-electron chi connectivity index (χ4n) is 2.50. The molecule has 2 rings (SSSR count). The van der Waals surface area contributed by atoms with Crippen LogP contribution in [0.2, 0.25) is 5.15 Å². The predicted octanol–water partition coefficient (Wildman–Crippen LogP) is 2.44. The molecule has 1 N–H and O–H groups in total. The van der Waals surface area contributed by atoms with Crippen molar-refractivity contribution < 1.29 is 9.53 Å². The van der Waals surface area contributed by atoms with E-state index >= 15 is 0 Å². The van der Waals surface area contributed by atoms with Crippen molar-refractivity contribution in [1.29, 1.82) is 0 Å². The lowest BCUT2D eigenvalue weighted by Crippen LogP contribution is -2.32. The molecule has 1 fully saturated rings. The third-order valence-corrected chi connectivity index (χ3v) is 3.80. The predicted molar refractivity (Wildman–Crippen MR) is 73.1 cm³/mol. The molecule has 0 aliphatic carbocycles. The zero-order chi connectivity index (χ0) is 14.2. The Morgan fingerprint density at radius 1 is 1.32 bits per heavy atom.